The van der Waals surface area contributed by atoms with Crippen molar-refractivity contribution in [3.05, 3.63) is 11.6 Å². The maximum Gasteiger partial charge on any atom is 0.0736 e. The quantitative estimate of drug-likeness (QED) is 0.636. The first-order chi connectivity index (χ1) is 7.40. The third kappa shape index (κ3) is 1.58. The largest absolute Gasteiger partial charge is 0.389 e. The van der Waals surface area contributed by atoms with Gasteiger partial charge in [-0.25, -0.2) is 0 Å². The Balaban J connectivity index is 2.48. The van der Waals surface area contributed by atoms with E-state index >= 15 is 0 Å². The van der Waals surface area contributed by atoms with Crippen LogP contribution in [0.1, 0.15) is 46.5 Å². The van der Waals surface area contributed by atoms with Crippen molar-refractivity contribution in [1.82, 2.24) is 0 Å². The van der Waals surface area contributed by atoms with Crippen LogP contribution >= 0.6 is 0 Å². The van der Waals surface area contributed by atoms with Crippen molar-refractivity contribution in [2.75, 3.05) is 0 Å². The highest BCUT2D eigenvalue weighted by Crippen LogP contribution is 2.57. The highest BCUT2D eigenvalue weighted by Gasteiger charge is 2.49. The molecule has 88 valence electrons. The number of allylic oxidation sites excluding steroid dienone is 1. The van der Waals surface area contributed by atoms with Crippen LogP contribution in [-0.4, -0.2) is 11.2 Å². The number of nitriles is 1. The van der Waals surface area contributed by atoms with E-state index in [1.807, 2.05) is 6.08 Å². The molecule has 1 saturated carbocycles. The van der Waals surface area contributed by atoms with Crippen molar-refractivity contribution >= 4 is 0 Å². The fourth-order valence-corrected chi connectivity index (χ4v) is 3.68. The van der Waals surface area contributed by atoms with Gasteiger partial charge in [0, 0.05) is 5.41 Å². The van der Waals surface area contributed by atoms with E-state index in [9.17, 15) is 10.4 Å². The summed E-state index contributed by atoms with van der Waals surface area (Å²) in [6.07, 6.45) is 5.64. The summed E-state index contributed by atoms with van der Waals surface area (Å²) < 4.78 is 0. The fourth-order valence-electron chi connectivity index (χ4n) is 3.68. The monoisotopic (exact) mass is 219 g/mol. The van der Waals surface area contributed by atoms with E-state index in [2.05, 4.69) is 26.8 Å². The summed E-state index contributed by atoms with van der Waals surface area (Å²) in [5, 5.41) is 19.2. The third-order valence-corrected chi connectivity index (χ3v) is 4.60. The SMILES string of the molecule is CC1(C)CCC[C@@]2(C)C1=C[C@@H](O)C[C@@H]2C#N. The molecule has 0 heterocycles. The molecule has 0 spiro atoms. The van der Waals surface area contributed by atoms with Crippen LogP contribution in [0, 0.1) is 28.1 Å². The maximum atomic E-state index is 9.87. The molecule has 1 fully saturated rings. The van der Waals surface area contributed by atoms with Crippen LogP contribution in [-0.2, 0) is 0 Å². The summed E-state index contributed by atoms with van der Waals surface area (Å²) in [6.45, 7) is 6.69. The number of hydrogen-bond donors (Lipinski definition) is 1. The average molecular weight is 219 g/mol. The summed E-state index contributed by atoms with van der Waals surface area (Å²) in [7, 11) is 0. The van der Waals surface area contributed by atoms with Gasteiger partial charge in [0.25, 0.3) is 0 Å². The summed E-state index contributed by atoms with van der Waals surface area (Å²) in [6, 6.07) is 2.41. The zero-order valence-electron chi connectivity index (χ0n) is 10.5. The van der Waals surface area contributed by atoms with E-state index in [0.717, 1.165) is 6.42 Å². The second-order valence-corrected chi connectivity index (χ2v) is 6.22. The predicted octanol–water partition coefficient (Wildman–Crippen LogP) is 3.03. The van der Waals surface area contributed by atoms with Gasteiger partial charge in [-0.1, -0.05) is 38.8 Å². The Bertz CT molecular complexity index is 363. The van der Waals surface area contributed by atoms with Crippen molar-refractivity contribution in [3.8, 4) is 6.07 Å². The van der Waals surface area contributed by atoms with Gasteiger partial charge in [-0.05, 0) is 24.7 Å². The van der Waals surface area contributed by atoms with Crippen LogP contribution in [0.5, 0.6) is 0 Å². The Labute approximate surface area is 98.0 Å². The molecule has 16 heavy (non-hydrogen) atoms. The lowest BCUT2D eigenvalue weighted by Gasteiger charge is -2.51. The maximum absolute atomic E-state index is 9.87. The van der Waals surface area contributed by atoms with Gasteiger partial charge >= 0.3 is 0 Å². The number of fused-ring (bicyclic) bond motifs is 1. The lowest BCUT2D eigenvalue weighted by atomic mass is 9.53. The topological polar surface area (TPSA) is 44.0 Å². The van der Waals surface area contributed by atoms with Crippen molar-refractivity contribution < 1.29 is 5.11 Å². The molecule has 0 aliphatic heterocycles. The molecule has 0 amide bonds. The lowest BCUT2D eigenvalue weighted by molar-refractivity contribution is 0.0858. The van der Waals surface area contributed by atoms with Crippen molar-refractivity contribution in [1.29, 1.82) is 5.26 Å². The molecule has 1 N–H and O–H groups in total. The smallest absolute Gasteiger partial charge is 0.0736 e. The second kappa shape index (κ2) is 3.60. The first-order valence-corrected chi connectivity index (χ1v) is 6.20. The Kier molecular flexibility index (Phi) is 2.62. The number of hydrogen-bond acceptors (Lipinski definition) is 2. The Morgan fingerprint density at radius 3 is 2.69 bits per heavy atom. The first-order valence-electron chi connectivity index (χ1n) is 6.20. The van der Waals surface area contributed by atoms with E-state index in [0.29, 0.717) is 6.42 Å². The van der Waals surface area contributed by atoms with Gasteiger partial charge in [-0.15, -0.1) is 0 Å². The molecule has 2 rings (SSSR count). The highest BCUT2D eigenvalue weighted by atomic mass is 16.3. The molecule has 0 bridgehead atoms. The summed E-state index contributed by atoms with van der Waals surface area (Å²) in [5.74, 6) is -0.0259. The summed E-state index contributed by atoms with van der Waals surface area (Å²) >= 11 is 0. The second-order valence-electron chi connectivity index (χ2n) is 6.22. The Morgan fingerprint density at radius 1 is 1.38 bits per heavy atom. The zero-order valence-corrected chi connectivity index (χ0v) is 10.5. The summed E-state index contributed by atoms with van der Waals surface area (Å²) in [5.41, 5.74) is 1.45. The molecule has 2 nitrogen and oxygen atoms in total. The van der Waals surface area contributed by atoms with Crippen molar-refractivity contribution in [3.63, 3.8) is 0 Å². The van der Waals surface area contributed by atoms with E-state index in [1.54, 1.807) is 0 Å². The Hall–Kier alpha value is -0.810. The zero-order chi connectivity index (χ0) is 12.0. The molecule has 0 aromatic carbocycles. The van der Waals surface area contributed by atoms with Crippen molar-refractivity contribution in [2.45, 2.75) is 52.6 Å². The lowest BCUT2D eigenvalue weighted by Crippen LogP contribution is -2.43. The first kappa shape index (κ1) is 11.7. The molecule has 2 aliphatic carbocycles. The van der Waals surface area contributed by atoms with Gasteiger partial charge in [0.1, 0.15) is 0 Å². The van der Waals surface area contributed by atoms with E-state index in [-0.39, 0.29) is 16.7 Å². The number of nitrogens with zero attached hydrogens (tertiary/aromatic N) is 1. The summed E-state index contributed by atoms with van der Waals surface area (Å²) in [4.78, 5) is 0. The molecule has 0 saturated heterocycles. The molecule has 2 aliphatic rings. The van der Waals surface area contributed by atoms with E-state index in [4.69, 9.17) is 0 Å². The van der Waals surface area contributed by atoms with E-state index in [1.165, 1.54) is 18.4 Å². The molecule has 2 heteroatoms. The van der Waals surface area contributed by atoms with E-state index < -0.39 is 6.10 Å². The number of aliphatic hydroxyl groups is 1. The van der Waals surface area contributed by atoms with Gasteiger partial charge in [-0.3, -0.25) is 0 Å². The van der Waals surface area contributed by atoms with Crippen LogP contribution < -0.4 is 0 Å². The van der Waals surface area contributed by atoms with Crippen molar-refractivity contribution in [2.24, 2.45) is 16.7 Å². The predicted molar refractivity (Wildman–Crippen MR) is 63.5 cm³/mol. The molecular weight excluding hydrogens is 198 g/mol. The minimum absolute atomic E-state index is 0.00424. The van der Waals surface area contributed by atoms with Crippen LogP contribution in [0.2, 0.25) is 0 Å². The normalized spacial score (nSPS) is 41.8. The van der Waals surface area contributed by atoms with Crippen LogP contribution in [0.3, 0.4) is 0 Å². The molecule has 0 unspecified atom stereocenters. The van der Waals surface area contributed by atoms with Gasteiger partial charge in [0.05, 0.1) is 18.1 Å². The highest BCUT2D eigenvalue weighted by molar-refractivity contribution is 5.31. The van der Waals surface area contributed by atoms with Gasteiger partial charge in [0.15, 0.2) is 0 Å². The molecule has 0 radical (unpaired) electrons. The van der Waals surface area contributed by atoms with Gasteiger partial charge in [-0.2, -0.15) is 5.26 Å². The minimum Gasteiger partial charge on any atom is -0.389 e. The van der Waals surface area contributed by atoms with Crippen LogP contribution in [0.4, 0.5) is 0 Å². The number of aliphatic hydroxyl groups excluding tert-OH is 1. The minimum atomic E-state index is -0.426. The molecule has 0 aromatic rings. The average Bonchev–Trinajstić information content (AvgIpc) is 2.19. The molecule has 0 aromatic heterocycles. The Morgan fingerprint density at radius 2 is 2.06 bits per heavy atom. The van der Waals surface area contributed by atoms with Gasteiger partial charge in [0.2, 0.25) is 0 Å². The molecular formula is C14H21NO. The van der Waals surface area contributed by atoms with Crippen LogP contribution in [0.25, 0.3) is 0 Å². The number of rotatable bonds is 0. The van der Waals surface area contributed by atoms with Gasteiger partial charge < -0.3 is 5.11 Å². The molecule has 3 atom stereocenters. The fraction of sp³-hybridized carbons (Fsp3) is 0.786. The van der Waals surface area contributed by atoms with Crippen LogP contribution in [0.15, 0.2) is 11.6 Å². The standard InChI is InChI=1S/C14H21NO/c1-13(2)5-4-6-14(3)10(9-15)7-11(16)8-12(13)14/h8,10-11,16H,4-7H2,1-3H3/t10-,11+,14-/m1/s1. The third-order valence-electron chi connectivity index (χ3n) is 4.60.